The van der Waals surface area contributed by atoms with Crippen LogP contribution < -0.4 is 4.74 Å². The number of benzene rings is 1. The van der Waals surface area contributed by atoms with Crippen LogP contribution in [-0.4, -0.2) is 43.2 Å². The summed E-state index contributed by atoms with van der Waals surface area (Å²) in [5.41, 5.74) is 0.963. The van der Waals surface area contributed by atoms with Crippen LogP contribution in [-0.2, 0) is 9.53 Å². The Morgan fingerprint density at radius 1 is 1.35 bits per heavy atom. The molecule has 0 N–H and O–H groups in total. The molecule has 1 aliphatic rings. The summed E-state index contributed by atoms with van der Waals surface area (Å²) in [6.07, 6.45) is 3.58. The van der Waals surface area contributed by atoms with Gasteiger partial charge in [-0.3, -0.25) is 4.79 Å². The Bertz CT molecular complexity index is 476. The Balaban J connectivity index is 1.97. The molecule has 1 aromatic carbocycles. The molecule has 0 unspecified atom stereocenters. The molecule has 0 aliphatic carbocycles. The minimum Gasteiger partial charge on any atom is -0.491 e. The van der Waals surface area contributed by atoms with Gasteiger partial charge in [-0.1, -0.05) is 12.1 Å². The van der Waals surface area contributed by atoms with Gasteiger partial charge in [0.05, 0.1) is 19.3 Å². The van der Waals surface area contributed by atoms with Crippen molar-refractivity contribution in [2.45, 2.75) is 20.0 Å². The van der Waals surface area contributed by atoms with Crippen molar-refractivity contribution >= 4 is 12.0 Å². The molecule has 1 heterocycles. The topological polar surface area (TPSA) is 38.8 Å². The van der Waals surface area contributed by atoms with Gasteiger partial charge in [-0.2, -0.15) is 0 Å². The zero-order valence-corrected chi connectivity index (χ0v) is 12.0. The van der Waals surface area contributed by atoms with Crippen molar-refractivity contribution < 1.29 is 14.3 Å². The summed E-state index contributed by atoms with van der Waals surface area (Å²) in [5.74, 6) is 0.851. The quantitative estimate of drug-likeness (QED) is 0.792. The maximum atomic E-state index is 12.0. The van der Waals surface area contributed by atoms with E-state index in [2.05, 4.69) is 0 Å². The lowest BCUT2D eigenvalue weighted by molar-refractivity contribution is -0.129. The largest absolute Gasteiger partial charge is 0.491 e. The zero-order valence-electron chi connectivity index (χ0n) is 12.0. The fraction of sp³-hybridized carbons (Fsp3) is 0.438. The molecule has 1 aliphatic heterocycles. The van der Waals surface area contributed by atoms with Gasteiger partial charge in [0.2, 0.25) is 5.91 Å². The number of nitrogens with zero attached hydrogens (tertiary/aromatic N) is 1. The SMILES string of the molecule is CC(C)Oc1cccc(/C=C/C(=O)N2CCOCC2)c1. The Morgan fingerprint density at radius 3 is 2.80 bits per heavy atom. The number of amides is 1. The molecule has 0 atom stereocenters. The lowest BCUT2D eigenvalue weighted by Gasteiger charge is -2.25. The van der Waals surface area contributed by atoms with Crippen molar-refractivity contribution in [3.63, 3.8) is 0 Å². The standard InChI is InChI=1S/C16H21NO3/c1-13(2)20-15-5-3-4-14(12-15)6-7-16(18)17-8-10-19-11-9-17/h3-7,12-13H,8-11H2,1-2H3/b7-6+. The summed E-state index contributed by atoms with van der Waals surface area (Å²) >= 11 is 0. The van der Waals surface area contributed by atoms with Gasteiger partial charge in [0, 0.05) is 19.2 Å². The summed E-state index contributed by atoms with van der Waals surface area (Å²) in [6, 6.07) is 7.73. The Morgan fingerprint density at radius 2 is 2.10 bits per heavy atom. The molecule has 1 aromatic rings. The third-order valence-corrected chi connectivity index (χ3v) is 2.97. The van der Waals surface area contributed by atoms with Crippen molar-refractivity contribution in [1.29, 1.82) is 0 Å². The Hall–Kier alpha value is -1.81. The number of hydrogen-bond acceptors (Lipinski definition) is 3. The predicted molar refractivity (Wildman–Crippen MR) is 78.6 cm³/mol. The van der Waals surface area contributed by atoms with Gasteiger partial charge in [-0.15, -0.1) is 0 Å². The van der Waals surface area contributed by atoms with Crippen molar-refractivity contribution in [3.05, 3.63) is 35.9 Å². The van der Waals surface area contributed by atoms with E-state index in [1.807, 2.05) is 44.2 Å². The van der Waals surface area contributed by atoms with Crippen LogP contribution in [0, 0.1) is 0 Å². The molecule has 0 saturated carbocycles. The van der Waals surface area contributed by atoms with Gasteiger partial charge in [0.1, 0.15) is 5.75 Å². The summed E-state index contributed by atoms with van der Waals surface area (Å²) in [5, 5.41) is 0. The number of carbonyl (C=O) groups is 1. The van der Waals surface area contributed by atoms with E-state index >= 15 is 0 Å². The predicted octanol–water partition coefficient (Wildman–Crippen LogP) is 2.35. The molecule has 0 radical (unpaired) electrons. The number of morpholine rings is 1. The van der Waals surface area contributed by atoms with E-state index in [1.54, 1.807) is 11.0 Å². The average molecular weight is 275 g/mol. The van der Waals surface area contributed by atoms with Crippen LogP contribution >= 0.6 is 0 Å². The minimum absolute atomic E-state index is 0.0310. The first-order chi connectivity index (χ1) is 9.65. The lowest BCUT2D eigenvalue weighted by Crippen LogP contribution is -2.39. The summed E-state index contributed by atoms with van der Waals surface area (Å²) in [7, 11) is 0. The molecular formula is C16H21NO3. The van der Waals surface area contributed by atoms with E-state index in [0.29, 0.717) is 26.3 Å². The van der Waals surface area contributed by atoms with Gasteiger partial charge >= 0.3 is 0 Å². The second-order valence-corrected chi connectivity index (χ2v) is 5.01. The maximum absolute atomic E-state index is 12.0. The van der Waals surface area contributed by atoms with Crippen LogP contribution in [0.25, 0.3) is 6.08 Å². The Labute approximate surface area is 120 Å². The number of ether oxygens (including phenoxy) is 2. The normalized spacial score (nSPS) is 15.8. The van der Waals surface area contributed by atoms with E-state index in [1.165, 1.54) is 0 Å². The maximum Gasteiger partial charge on any atom is 0.246 e. The highest BCUT2D eigenvalue weighted by Gasteiger charge is 2.13. The molecule has 2 rings (SSSR count). The third-order valence-electron chi connectivity index (χ3n) is 2.97. The van der Waals surface area contributed by atoms with E-state index in [4.69, 9.17) is 9.47 Å². The van der Waals surface area contributed by atoms with Crippen molar-refractivity contribution in [2.24, 2.45) is 0 Å². The van der Waals surface area contributed by atoms with E-state index in [9.17, 15) is 4.79 Å². The van der Waals surface area contributed by atoms with Crippen LogP contribution in [0.5, 0.6) is 5.75 Å². The molecule has 20 heavy (non-hydrogen) atoms. The van der Waals surface area contributed by atoms with Crippen LogP contribution in [0.15, 0.2) is 30.3 Å². The van der Waals surface area contributed by atoms with Crippen molar-refractivity contribution in [1.82, 2.24) is 4.90 Å². The van der Waals surface area contributed by atoms with Crippen molar-refractivity contribution in [3.8, 4) is 5.75 Å². The molecule has 4 heteroatoms. The van der Waals surface area contributed by atoms with Gasteiger partial charge in [0.15, 0.2) is 0 Å². The van der Waals surface area contributed by atoms with E-state index in [0.717, 1.165) is 11.3 Å². The summed E-state index contributed by atoms with van der Waals surface area (Å²) < 4.78 is 10.9. The molecular weight excluding hydrogens is 254 g/mol. The summed E-state index contributed by atoms with van der Waals surface area (Å²) in [6.45, 7) is 6.56. The molecule has 108 valence electrons. The second-order valence-electron chi connectivity index (χ2n) is 5.01. The van der Waals surface area contributed by atoms with Gasteiger partial charge in [-0.25, -0.2) is 0 Å². The molecule has 1 saturated heterocycles. The lowest BCUT2D eigenvalue weighted by atomic mass is 10.2. The second kappa shape index (κ2) is 7.10. The molecule has 1 fully saturated rings. The highest BCUT2D eigenvalue weighted by atomic mass is 16.5. The fourth-order valence-corrected chi connectivity index (χ4v) is 2.02. The number of hydrogen-bond donors (Lipinski definition) is 0. The molecule has 0 aromatic heterocycles. The molecule has 1 amide bonds. The van der Waals surface area contributed by atoms with E-state index < -0.39 is 0 Å². The average Bonchev–Trinajstić information content (AvgIpc) is 2.45. The number of carbonyl (C=O) groups excluding carboxylic acids is 1. The minimum atomic E-state index is 0.0310. The monoisotopic (exact) mass is 275 g/mol. The van der Waals surface area contributed by atoms with E-state index in [-0.39, 0.29) is 12.0 Å². The molecule has 0 spiro atoms. The third kappa shape index (κ3) is 4.38. The molecule has 0 bridgehead atoms. The van der Waals surface area contributed by atoms with Gasteiger partial charge < -0.3 is 14.4 Å². The first-order valence-electron chi connectivity index (χ1n) is 6.96. The zero-order chi connectivity index (χ0) is 14.4. The van der Waals surface area contributed by atoms with Crippen LogP contribution in [0.4, 0.5) is 0 Å². The van der Waals surface area contributed by atoms with Crippen LogP contribution in [0.3, 0.4) is 0 Å². The highest BCUT2D eigenvalue weighted by Crippen LogP contribution is 2.16. The smallest absolute Gasteiger partial charge is 0.246 e. The van der Waals surface area contributed by atoms with Gasteiger partial charge in [0.25, 0.3) is 0 Å². The van der Waals surface area contributed by atoms with Crippen LogP contribution in [0.1, 0.15) is 19.4 Å². The number of rotatable bonds is 4. The molecule has 4 nitrogen and oxygen atoms in total. The highest BCUT2D eigenvalue weighted by molar-refractivity contribution is 5.91. The first-order valence-corrected chi connectivity index (χ1v) is 6.96. The first kappa shape index (κ1) is 14.6. The van der Waals surface area contributed by atoms with Crippen molar-refractivity contribution in [2.75, 3.05) is 26.3 Å². The van der Waals surface area contributed by atoms with Gasteiger partial charge in [-0.05, 0) is 37.6 Å². The summed E-state index contributed by atoms with van der Waals surface area (Å²) in [4.78, 5) is 13.8. The Kier molecular flexibility index (Phi) is 5.18. The van der Waals surface area contributed by atoms with Crippen LogP contribution in [0.2, 0.25) is 0 Å². The fourth-order valence-electron chi connectivity index (χ4n) is 2.02.